The fraction of sp³-hybridized carbons (Fsp3) is 0.0500. The van der Waals surface area contributed by atoms with Crippen molar-refractivity contribution in [2.75, 3.05) is 12.4 Å². The molecule has 1 amide bonds. The van der Waals surface area contributed by atoms with Crippen LogP contribution in [0.1, 0.15) is 10.4 Å². The van der Waals surface area contributed by atoms with Crippen LogP contribution in [0.2, 0.25) is 0 Å². The monoisotopic (exact) mass is 379 g/mol. The third-order valence-corrected chi connectivity index (χ3v) is 5.06. The maximum atomic E-state index is 13.7. The van der Waals surface area contributed by atoms with E-state index in [2.05, 4.69) is 15.3 Å². The first kappa shape index (κ1) is 17.1. The number of nitrogens with one attached hydrogen (secondary N) is 1. The van der Waals surface area contributed by atoms with Gasteiger partial charge < -0.3 is 10.1 Å². The first-order valence-corrected chi connectivity index (χ1v) is 8.93. The Balaban J connectivity index is 1.63. The third-order valence-electron chi connectivity index (χ3n) is 3.97. The minimum Gasteiger partial charge on any atom is -0.491 e. The molecule has 0 fully saturated rings. The summed E-state index contributed by atoms with van der Waals surface area (Å²) in [5, 5.41) is 3.63. The number of carbonyl (C=O) groups is 1. The van der Waals surface area contributed by atoms with Gasteiger partial charge in [-0.2, -0.15) is 4.39 Å². The lowest BCUT2D eigenvalue weighted by molar-refractivity contribution is 0.102. The minimum atomic E-state index is -0.826. The molecule has 4 rings (SSSR count). The van der Waals surface area contributed by atoms with Gasteiger partial charge in [0.25, 0.3) is 11.9 Å². The zero-order valence-electron chi connectivity index (χ0n) is 14.3. The van der Waals surface area contributed by atoms with E-state index in [1.54, 1.807) is 17.4 Å². The van der Waals surface area contributed by atoms with Gasteiger partial charge in [-0.05, 0) is 30.3 Å². The standard InChI is InChI=1S/C20H14FN3O2S/c1-26-17-14(9-10-22-18(17)21)19(25)23-13-6-4-5-12(11-13)20-24-15-7-2-3-8-16(15)27-20/h2-11H,1H3,(H,23,25). The van der Waals surface area contributed by atoms with Gasteiger partial charge in [0.2, 0.25) is 0 Å². The molecule has 2 aromatic heterocycles. The normalized spacial score (nSPS) is 10.7. The van der Waals surface area contributed by atoms with Gasteiger partial charge >= 0.3 is 0 Å². The smallest absolute Gasteiger partial charge is 0.259 e. The van der Waals surface area contributed by atoms with Crippen LogP contribution in [0.5, 0.6) is 5.75 Å². The van der Waals surface area contributed by atoms with Gasteiger partial charge in [0.05, 0.1) is 22.9 Å². The fourth-order valence-electron chi connectivity index (χ4n) is 2.72. The van der Waals surface area contributed by atoms with Crippen molar-refractivity contribution in [3.05, 3.63) is 72.3 Å². The second kappa shape index (κ2) is 7.13. The number of methoxy groups -OCH3 is 1. The quantitative estimate of drug-likeness (QED) is 0.519. The molecule has 0 aliphatic carbocycles. The summed E-state index contributed by atoms with van der Waals surface area (Å²) in [4.78, 5) is 20.7. The van der Waals surface area contributed by atoms with Crippen molar-refractivity contribution in [1.29, 1.82) is 0 Å². The molecule has 0 unspecified atom stereocenters. The summed E-state index contributed by atoms with van der Waals surface area (Å²) < 4.78 is 19.8. The Bertz CT molecular complexity index is 1110. The SMILES string of the molecule is COc1c(C(=O)Nc2cccc(-c3nc4ccccc4s3)c2)ccnc1F. The number of hydrogen-bond acceptors (Lipinski definition) is 5. The van der Waals surface area contributed by atoms with Gasteiger partial charge in [-0.3, -0.25) is 4.79 Å². The van der Waals surface area contributed by atoms with Crippen LogP contribution in [0.4, 0.5) is 10.1 Å². The fourth-order valence-corrected chi connectivity index (χ4v) is 3.68. The molecule has 0 saturated heterocycles. The predicted octanol–water partition coefficient (Wildman–Crippen LogP) is 4.76. The molecule has 134 valence electrons. The molecule has 1 N–H and O–H groups in total. The van der Waals surface area contributed by atoms with Crippen LogP contribution in [-0.2, 0) is 0 Å². The summed E-state index contributed by atoms with van der Waals surface area (Å²) in [5.74, 6) is -1.49. The number of halogens is 1. The van der Waals surface area contributed by atoms with Crippen LogP contribution >= 0.6 is 11.3 Å². The molecule has 27 heavy (non-hydrogen) atoms. The van der Waals surface area contributed by atoms with Crippen LogP contribution in [-0.4, -0.2) is 23.0 Å². The number of pyridine rings is 1. The summed E-state index contributed by atoms with van der Waals surface area (Å²) in [6.45, 7) is 0. The Morgan fingerprint density at radius 3 is 2.81 bits per heavy atom. The van der Waals surface area contributed by atoms with E-state index in [1.807, 2.05) is 42.5 Å². The zero-order chi connectivity index (χ0) is 18.8. The van der Waals surface area contributed by atoms with E-state index in [0.29, 0.717) is 5.69 Å². The third kappa shape index (κ3) is 3.37. The highest BCUT2D eigenvalue weighted by Gasteiger charge is 2.17. The van der Waals surface area contributed by atoms with Crippen molar-refractivity contribution in [3.8, 4) is 16.3 Å². The lowest BCUT2D eigenvalue weighted by Gasteiger charge is -2.10. The summed E-state index contributed by atoms with van der Waals surface area (Å²) in [5.41, 5.74) is 2.48. The summed E-state index contributed by atoms with van der Waals surface area (Å²) in [6, 6.07) is 16.7. The van der Waals surface area contributed by atoms with E-state index >= 15 is 0 Å². The number of nitrogens with zero attached hydrogens (tertiary/aromatic N) is 2. The molecular formula is C20H14FN3O2S. The largest absolute Gasteiger partial charge is 0.491 e. The van der Waals surface area contributed by atoms with Crippen molar-refractivity contribution in [2.24, 2.45) is 0 Å². The van der Waals surface area contributed by atoms with Crippen molar-refractivity contribution in [2.45, 2.75) is 0 Å². The molecule has 4 aromatic rings. The van der Waals surface area contributed by atoms with Crippen LogP contribution in [0, 0.1) is 5.95 Å². The molecule has 0 spiro atoms. The molecular weight excluding hydrogens is 365 g/mol. The van der Waals surface area contributed by atoms with Crippen LogP contribution in [0.15, 0.2) is 60.8 Å². The molecule has 2 heterocycles. The number of fused-ring (bicyclic) bond motifs is 1. The first-order chi connectivity index (χ1) is 13.2. The van der Waals surface area contributed by atoms with E-state index in [9.17, 15) is 9.18 Å². The molecule has 7 heteroatoms. The average Bonchev–Trinajstić information content (AvgIpc) is 3.12. The highest BCUT2D eigenvalue weighted by atomic mass is 32.1. The summed E-state index contributed by atoms with van der Waals surface area (Å²) >= 11 is 1.58. The highest BCUT2D eigenvalue weighted by molar-refractivity contribution is 7.21. The molecule has 0 aliphatic rings. The summed E-state index contributed by atoms with van der Waals surface area (Å²) in [6.07, 6.45) is 1.23. The van der Waals surface area contributed by atoms with Crippen molar-refractivity contribution >= 4 is 33.1 Å². The number of ether oxygens (including phenoxy) is 1. The molecule has 2 aromatic carbocycles. The van der Waals surface area contributed by atoms with E-state index in [-0.39, 0.29) is 11.3 Å². The molecule has 0 bridgehead atoms. The van der Waals surface area contributed by atoms with E-state index in [0.717, 1.165) is 20.8 Å². The van der Waals surface area contributed by atoms with Crippen molar-refractivity contribution in [3.63, 3.8) is 0 Å². The van der Waals surface area contributed by atoms with Gasteiger partial charge in [-0.15, -0.1) is 11.3 Å². The number of benzene rings is 2. The number of para-hydroxylation sites is 1. The van der Waals surface area contributed by atoms with Gasteiger partial charge in [0.1, 0.15) is 5.01 Å². The topological polar surface area (TPSA) is 64.1 Å². The van der Waals surface area contributed by atoms with Crippen LogP contribution in [0.3, 0.4) is 0 Å². The number of hydrogen-bond donors (Lipinski definition) is 1. The first-order valence-electron chi connectivity index (χ1n) is 8.11. The molecule has 0 saturated carbocycles. The number of aromatic nitrogens is 2. The molecule has 5 nitrogen and oxygen atoms in total. The maximum absolute atomic E-state index is 13.7. The van der Waals surface area contributed by atoms with Gasteiger partial charge in [0, 0.05) is 17.4 Å². The Hall–Kier alpha value is -3.32. The Labute approximate surface area is 158 Å². The molecule has 0 atom stereocenters. The lowest BCUT2D eigenvalue weighted by atomic mass is 10.2. The maximum Gasteiger partial charge on any atom is 0.259 e. The molecule has 0 radical (unpaired) electrons. The number of anilines is 1. The van der Waals surface area contributed by atoms with Crippen molar-refractivity contribution < 1.29 is 13.9 Å². The van der Waals surface area contributed by atoms with Gasteiger partial charge in [0.15, 0.2) is 5.75 Å². The highest BCUT2D eigenvalue weighted by Crippen LogP contribution is 2.31. The Kier molecular flexibility index (Phi) is 4.52. The van der Waals surface area contributed by atoms with Gasteiger partial charge in [-0.1, -0.05) is 24.3 Å². The van der Waals surface area contributed by atoms with Crippen LogP contribution < -0.4 is 10.1 Å². The number of thiazole rings is 1. The number of amides is 1. The Morgan fingerprint density at radius 1 is 1.15 bits per heavy atom. The predicted molar refractivity (Wildman–Crippen MR) is 104 cm³/mol. The van der Waals surface area contributed by atoms with E-state index in [1.165, 1.54) is 19.4 Å². The second-order valence-electron chi connectivity index (χ2n) is 5.70. The van der Waals surface area contributed by atoms with E-state index in [4.69, 9.17) is 4.74 Å². The second-order valence-corrected chi connectivity index (χ2v) is 6.73. The number of rotatable bonds is 4. The zero-order valence-corrected chi connectivity index (χ0v) is 15.1. The molecule has 0 aliphatic heterocycles. The van der Waals surface area contributed by atoms with Crippen molar-refractivity contribution in [1.82, 2.24) is 9.97 Å². The van der Waals surface area contributed by atoms with Gasteiger partial charge in [-0.25, -0.2) is 9.97 Å². The minimum absolute atomic E-state index is 0.0791. The summed E-state index contributed by atoms with van der Waals surface area (Å²) in [7, 11) is 1.30. The van der Waals surface area contributed by atoms with Crippen LogP contribution in [0.25, 0.3) is 20.8 Å². The number of carbonyl (C=O) groups excluding carboxylic acids is 1. The Morgan fingerprint density at radius 2 is 2.00 bits per heavy atom. The average molecular weight is 379 g/mol. The lowest BCUT2D eigenvalue weighted by Crippen LogP contribution is -2.14. The van der Waals surface area contributed by atoms with E-state index < -0.39 is 11.9 Å².